The van der Waals surface area contributed by atoms with Gasteiger partial charge in [0.05, 0.1) is 17.9 Å². The fraction of sp³-hybridized carbons (Fsp3) is 0.294. The molecule has 26 heavy (non-hydrogen) atoms. The maximum absolute atomic E-state index is 14.5. The van der Waals surface area contributed by atoms with Gasteiger partial charge in [0.2, 0.25) is 0 Å². The summed E-state index contributed by atoms with van der Waals surface area (Å²) in [4.78, 5) is 11.5. The molecule has 136 valence electrons. The highest BCUT2D eigenvalue weighted by atomic mass is 19.1. The predicted octanol–water partition coefficient (Wildman–Crippen LogP) is 2.49. The van der Waals surface area contributed by atoms with E-state index in [0.29, 0.717) is 6.07 Å². The maximum Gasteiger partial charge on any atom is 0.166 e. The van der Waals surface area contributed by atoms with Crippen LogP contribution in [0.5, 0.6) is 0 Å². The van der Waals surface area contributed by atoms with Crippen LogP contribution in [0, 0.1) is 24.4 Å². The van der Waals surface area contributed by atoms with Gasteiger partial charge in [0.25, 0.3) is 0 Å². The third kappa shape index (κ3) is 3.17. The zero-order chi connectivity index (χ0) is 18.9. The van der Waals surface area contributed by atoms with E-state index < -0.39 is 29.0 Å². The fourth-order valence-electron chi connectivity index (χ4n) is 2.86. The molecule has 0 fully saturated rings. The van der Waals surface area contributed by atoms with Crippen molar-refractivity contribution in [2.75, 3.05) is 0 Å². The number of rotatable bonds is 5. The van der Waals surface area contributed by atoms with Crippen molar-refractivity contribution in [3.05, 3.63) is 71.6 Å². The third-order valence-electron chi connectivity index (χ3n) is 4.38. The normalized spacial score (nSPS) is 14.8. The van der Waals surface area contributed by atoms with Crippen LogP contribution in [0.4, 0.5) is 13.2 Å². The number of halogens is 3. The van der Waals surface area contributed by atoms with E-state index >= 15 is 0 Å². The van der Waals surface area contributed by atoms with Crippen LogP contribution in [-0.2, 0) is 12.1 Å². The summed E-state index contributed by atoms with van der Waals surface area (Å²) in [5.41, 5.74) is -2.14. The molecule has 0 spiro atoms. The topological polar surface area (TPSA) is 76.7 Å². The van der Waals surface area contributed by atoms with Crippen molar-refractivity contribution in [1.29, 1.82) is 0 Å². The quantitative estimate of drug-likeness (QED) is 0.754. The van der Waals surface area contributed by atoms with Crippen molar-refractivity contribution in [3.8, 4) is 0 Å². The molecule has 2 aromatic heterocycles. The molecular formula is C17H16F3N5O. The first-order chi connectivity index (χ1) is 12.3. The van der Waals surface area contributed by atoms with Crippen LogP contribution in [0.3, 0.4) is 0 Å². The highest BCUT2D eigenvalue weighted by molar-refractivity contribution is 5.30. The van der Waals surface area contributed by atoms with Crippen molar-refractivity contribution < 1.29 is 18.3 Å². The van der Waals surface area contributed by atoms with Crippen molar-refractivity contribution in [2.45, 2.75) is 31.9 Å². The third-order valence-corrected chi connectivity index (χ3v) is 4.38. The molecule has 0 aliphatic rings. The largest absolute Gasteiger partial charge is 0.382 e. The molecule has 3 aromatic rings. The van der Waals surface area contributed by atoms with E-state index in [2.05, 4.69) is 20.1 Å². The molecule has 0 aliphatic heterocycles. The molecule has 0 aliphatic carbocycles. The molecular weight excluding hydrogens is 347 g/mol. The average molecular weight is 363 g/mol. The number of aryl methyl sites for hydroxylation is 1. The number of nitrogens with zero attached hydrogens (tertiary/aromatic N) is 5. The summed E-state index contributed by atoms with van der Waals surface area (Å²) >= 11 is 0. The van der Waals surface area contributed by atoms with Crippen LogP contribution in [0.2, 0.25) is 0 Å². The Kier molecular flexibility index (Phi) is 4.73. The first-order valence-corrected chi connectivity index (χ1v) is 7.80. The Bertz CT molecular complexity index is 919. The van der Waals surface area contributed by atoms with E-state index in [4.69, 9.17) is 0 Å². The van der Waals surface area contributed by atoms with Crippen molar-refractivity contribution in [3.63, 3.8) is 0 Å². The van der Waals surface area contributed by atoms with Gasteiger partial charge in [0.15, 0.2) is 5.82 Å². The van der Waals surface area contributed by atoms with E-state index in [1.54, 1.807) is 0 Å². The fourth-order valence-corrected chi connectivity index (χ4v) is 2.86. The lowest BCUT2D eigenvalue weighted by Crippen LogP contribution is -2.39. The van der Waals surface area contributed by atoms with Gasteiger partial charge in [-0.05, 0) is 13.0 Å². The van der Waals surface area contributed by atoms with E-state index in [1.165, 1.54) is 37.5 Å². The molecule has 0 amide bonds. The Hall–Kier alpha value is -2.81. The second kappa shape index (κ2) is 6.83. The van der Waals surface area contributed by atoms with Crippen LogP contribution in [0.1, 0.15) is 29.8 Å². The summed E-state index contributed by atoms with van der Waals surface area (Å²) in [6, 6.07) is 2.82. The van der Waals surface area contributed by atoms with Gasteiger partial charge in [0.1, 0.15) is 36.2 Å². The number of hydrogen-bond donors (Lipinski definition) is 1. The number of benzene rings is 1. The molecule has 9 heteroatoms. The van der Waals surface area contributed by atoms with Crippen molar-refractivity contribution >= 4 is 0 Å². The molecule has 3 rings (SSSR count). The molecule has 1 aromatic carbocycles. The zero-order valence-corrected chi connectivity index (χ0v) is 14.1. The van der Waals surface area contributed by atoms with Gasteiger partial charge in [-0.25, -0.2) is 32.8 Å². The Morgan fingerprint density at radius 3 is 2.62 bits per heavy atom. The van der Waals surface area contributed by atoms with Crippen LogP contribution in [0.15, 0.2) is 37.2 Å². The second-order valence-corrected chi connectivity index (χ2v) is 6.02. The number of aromatic nitrogens is 5. The summed E-state index contributed by atoms with van der Waals surface area (Å²) < 4.78 is 43.6. The zero-order valence-electron chi connectivity index (χ0n) is 14.1. The first kappa shape index (κ1) is 18.0. The predicted molar refractivity (Wildman–Crippen MR) is 85.4 cm³/mol. The van der Waals surface area contributed by atoms with Crippen LogP contribution < -0.4 is 0 Å². The molecule has 0 radical (unpaired) electrons. The maximum atomic E-state index is 14.5. The standard InChI is InChI=1S/C17H16F3N5O/c1-10(16-15(20)11(2)22-8-23-16)17(26,6-25-9-21-7-24-25)13-4-3-12(18)5-14(13)19/h3-5,7-10,26H,6H2,1-2H3/t10-,17+/m1/s1. The molecule has 0 saturated heterocycles. The summed E-state index contributed by atoms with van der Waals surface area (Å²) in [6.07, 6.45) is 3.75. The number of hydrogen-bond acceptors (Lipinski definition) is 5. The molecule has 0 bridgehead atoms. The van der Waals surface area contributed by atoms with Crippen LogP contribution >= 0.6 is 0 Å². The van der Waals surface area contributed by atoms with Crippen LogP contribution in [0.25, 0.3) is 0 Å². The van der Waals surface area contributed by atoms with Gasteiger partial charge in [-0.2, -0.15) is 5.10 Å². The van der Waals surface area contributed by atoms with Gasteiger partial charge in [0, 0.05) is 17.5 Å². The minimum atomic E-state index is -1.97. The van der Waals surface area contributed by atoms with E-state index in [9.17, 15) is 18.3 Å². The van der Waals surface area contributed by atoms with Gasteiger partial charge in [-0.3, -0.25) is 0 Å². The lowest BCUT2D eigenvalue weighted by Gasteiger charge is -2.34. The Balaban J connectivity index is 2.15. The summed E-state index contributed by atoms with van der Waals surface area (Å²) in [5, 5.41) is 15.3. The lowest BCUT2D eigenvalue weighted by molar-refractivity contribution is -0.0134. The summed E-state index contributed by atoms with van der Waals surface area (Å²) in [5.74, 6) is -3.43. The van der Waals surface area contributed by atoms with Gasteiger partial charge in [-0.15, -0.1) is 0 Å². The summed E-state index contributed by atoms with van der Waals surface area (Å²) in [6.45, 7) is 2.73. The van der Waals surface area contributed by atoms with E-state index in [1.807, 2.05) is 0 Å². The monoisotopic (exact) mass is 363 g/mol. The average Bonchev–Trinajstić information content (AvgIpc) is 3.09. The molecule has 0 unspecified atom stereocenters. The van der Waals surface area contributed by atoms with E-state index in [0.717, 1.165) is 12.1 Å². The molecule has 0 saturated carbocycles. The minimum Gasteiger partial charge on any atom is -0.382 e. The van der Waals surface area contributed by atoms with Gasteiger partial charge >= 0.3 is 0 Å². The SMILES string of the molecule is Cc1ncnc([C@@H](C)[C@@](O)(Cn2cncn2)c2ccc(F)cc2F)c1F. The highest BCUT2D eigenvalue weighted by Gasteiger charge is 2.42. The van der Waals surface area contributed by atoms with Crippen molar-refractivity contribution in [1.82, 2.24) is 24.7 Å². The Labute approximate surface area is 147 Å². The van der Waals surface area contributed by atoms with E-state index in [-0.39, 0.29) is 23.5 Å². The molecule has 2 atom stereocenters. The minimum absolute atomic E-state index is 0.0798. The molecule has 6 nitrogen and oxygen atoms in total. The first-order valence-electron chi connectivity index (χ1n) is 7.80. The second-order valence-electron chi connectivity index (χ2n) is 6.02. The summed E-state index contributed by atoms with van der Waals surface area (Å²) in [7, 11) is 0. The molecule has 1 N–H and O–H groups in total. The van der Waals surface area contributed by atoms with Crippen molar-refractivity contribution in [2.24, 2.45) is 0 Å². The van der Waals surface area contributed by atoms with Gasteiger partial charge in [-0.1, -0.05) is 13.0 Å². The molecule has 2 heterocycles. The number of aliphatic hydroxyl groups is 1. The highest BCUT2D eigenvalue weighted by Crippen LogP contribution is 2.39. The van der Waals surface area contributed by atoms with Gasteiger partial charge < -0.3 is 5.11 Å². The smallest absolute Gasteiger partial charge is 0.166 e. The van der Waals surface area contributed by atoms with Crippen LogP contribution in [-0.4, -0.2) is 29.8 Å². The Morgan fingerprint density at radius 2 is 1.96 bits per heavy atom. The lowest BCUT2D eigenvalue weighted by atomic mass is 9.79. The Morgan fingerprint density at radius 1 is 1.19 bits per heavy atom.